The maximum absolute atomic E-state index is 11.7. The minimum absolute atomic E-state index is 0.194. The Hall–Kier alpha value is 0.120. The normalized spacial score (nSPS) is 25.6. The first kappa shape index (κ1) is 12.2. The van der Waals surface area contributed by atoms with E-state index < -0.39 is 10.2 Å². The lowest BCUT2D eigenvalue weighted by molar-refractivity contribution is 0.0108. The van der Waals surface area contributed by atoms with Gasteiger partial charge < -0.3 is 4.74 Å². The van der Waals surface area contributed by atoms with Gasteiger partial charge in [0.05, 0.1) is 12.7 Å². The number of hydrogen-bond donors (Lipinski definition) is 0. The fourth-order valence-corrected chi connectivity index (χ4v) is 2.53. The Morgan fingerprint density at radius 3 is 2.71 bits per heavy atom. The zero-order valence-corrected chi connectivity index (χ0v) is 9.88. The number of hydrogen-bond acceptors (Lipinski definition) is 3. The summed E-state index contributed by atoms with van der Waals surface area (Å²) in [6, 6.07) is 0. The van der Waals surface area contributed by atoms with Crippen LogP contribution >= 0.6 is 11.6 Å². The van der Waals surface area contributed by atoms with E-state index in [0.29, 0.717) is 25.6 Å². The van der Waals surface area contributed by atoms with Crippen molar-refractivity contribution in [1.29, 1.82) is 0 Å². The monoisotopic (exact) mass is 242 g/mol. The number of morpholine rings is 1. The third-order valence-corrected chi connectivity index (χ3v) is 4.31. The molecule has 1 aliphatic rings. The summed E-state index contributed by atoms with van der Waals surface area (Å²) < 4.78 is 31.3. The molecule has 84 valence electrons. The van der Waals surface area contributed by atoms with Crippen LogP contribution in [0.3, 0.4) is 0 Å². The van der Waals surface area contributed by atoms with Gasteiger partial charge in [0.1, 0.15) is 0 Å². The van der Waals surface area contributed by atoms with Crippen molar-refractivity contribution in [3.05, 3.63) is 0 Å². The molecule has 0 aliphatic carbocycles. The van der Waals surface area contributed by atoms with Crippen LogP contribution in [0.2, 0.25) is 0 Å². The first-order chi connectivity index (χ1) is 6.48. The Labute approximate surface area is 89.8 Å². The van der Waals surface area contributed by atoms with E-state index in [0.717, 1.165) is 0 Å². The highest BCUT2D eigenvalue weighted by Crippen LogP contribution is 2.12. The topological polar surface area (TPSA) is 49.9 Å². The van der Waals surface area contributed by atoms with Crippen molar-refractivity contribution >= 4 is 21.8 Å². The molecule has 1 aliphatic heterocycles. The lowest BCUT2D eigenvalue weighted by Gasteiger charge is -2.32. The highest BCUT2D eigenvalue weighted by molar-refractivity contribution is 7.86. The summed E-state index contributed by atoms with van der Waals surface area (Å²) in [5, 5.41) is 0. The van der Waals surface area contributed by atoms with Crippen LogP contribution in [0.1, 0.15) is 0 Å². The molecule has 0 aromatic carbocycles. The maximum atomic E-state index is 11.7. The average Bonchev–Trinajstić information content (AvgIpc) is 2.17. The largest absolute Gasteiger partial charge is 0.374 e. The number of alkyl halides is 1. The molecular formula is C7H15ClN2O3S. The van der Waals surface area contributed by atoms with E-state index in [4.69, 9.17) is 16.3 Å². The van der Waals surface area contributed by atoms with Crippen LogP contribution in [0.25, 0.3) is 0 Å². The molecule has 0 spiro atoms. The molecule has 1 fully saturated rings. The van der Waals surface area contributed by atoms with Gasteiger partial charge in [-0.3, -0.25) is 0 Å². The molecule has 0 saturated carbocycles. The molecule has 0 N–H and O–H groups in total. The second kappa shape index (κ2) is 4.76. The Kier molecular flexibility index (Phi) is 4.15. The zero-order chi connectivity index (χ0) is 10.8. The van der Waals surface area contributed by atoms with Crippen molar-refractivity contribution in [2.75, 3.05) is 39.7 Å². The van der Waals surface area contributed by atoms with Gasteiger partial charge in [0.15, 0.2) is 0 Å². The molecule has 7 heteroatoms. The second-order valence-corrected chi connectivity index (χ2v) is 5.75. The molecule has 0 amide bonds. The zero-order valence-electron chi connectivity index (χ0n) is 8.31. The van der Waals surface area contributed by atoms with Crippen molar-refractivity contribution in [2.45, 2.75) is 6.10 Å². The van der Waals surface area contributed by atoms with Crippen molar-refractivity contribution in [2.24, 2.45) is 0 Å². The van der Waals surface area contributed by atoms with Gasteiger partial charge in [0.2, 0.25) is 0 Å². The Balaban J connectivity index is 2.69. The van der Waals surface area contributed by atoms with E-state index in [1.54, 1.807) is 0 Å². The first-order valence-corrected chi connectivity index (χ1v) is 6.26. The van der Waals surface area contributed by atoms with Gasteiger partial charge >= 0.3 is 0 Å². The highest BCUT2D eigenvalue weighted by atomic mass is 35.5. The molecule has 14 heavy (non-hydrogen) atoms. The van der Waals surface area contributed by atoms with Gasteiger partial charge in [-0.2, -0.15) is 17.0 Å². The van der Waals surface area contributed by atoms with Crippen LogP contribution in [-0.2, 0) is 14.9 Å². The molecule has 1 saturated heterocycles. The number of ether oxygens (including phenoxy) is 1. The molecule has 0 bridgehead atoms. The molecule has 0 radical (unpaired) electrons. The summed E-state index contributed by atoms with van der Waals surface area (Å²) in [7, 11) is -0.286. The van der Waals surface area contributed by atoms with Crippen LogP contribution in [-0.4, -0.2) is 62.8 Å². The quantitative estimate of drug-likeness (QED) is 0.641. The van der Waals surface area contributed by atoms with Gasteiger partial charge in [-0.15, -0.1) is 11.6 Å². The number of nitrogens with zero attached hydrogens (tertiary/aromatic N) is 2. The van der Waals surface area contributed by atoms with E-state index in [1.807, 2.05) is 0 Å². The standard InChI is InChI=1S/C7H15ClN2O3S/c1-9(2)14(11,12)10-3-4-13-7(5-8)6-10/h7H,3-6H2,1-2H3. The van der Waals surface area contributed by atoms with Crippen LogP contribution < -0.4 is 0 Å². The van der Waals surface area contributed by atoms with Crippen molar-refractivity contribution in [1.82, 2.24) is 8.61 Å². The fraction of sp³-hybridized carbons (Fsp3) is 1.00. The fourth-order valence-electron chi connectivity index (χ4n) is 1.23. The summed E-state index contributed by atoms with van der Waals surface area (Å²) in [4.78, 5) is 0. The predicted octanol–water partition coefficient (Wildman–Crippen LogP) is -0.268. The van der Waals surface area contributed by atoms with Gasteiger partial charge in [-0.1, -0.05) is 0 Å². The third kappa shape index (κ3) is 2.58. The average molecular weight is 243 g/mol. The summed E-state index contributed by atoms with van der Waals surface area (Å²) in [6.07, 6.45) is -0.194. The SMILES string of the molecule is CN(C)S(=O)(=O)N1CCOC(CCl)C1. The van der Waals surface area contributed by atoms with Crippen LogP contribution in [0.15, 0.2) is 0 Å². The maximum Gasteiger partial charge on any atom is 0.281 e. The van der Waals surface area contributed by atoms with E-state index in [-0.39, 0.29) is 6.10 Å². The molecule has 1 heterocycles. The number of halogens is 1. The second-order valence-electron chi connectivity index (χ2n) is 3.30. The molecule has 1 rings (SSSR count). The third-order valence-electron chi connectivity index (χ3n) is 2.06. The van der Waals surface area contributed by atoms with Crippen molar-refractivity contribution in [3.63, 3.8) is 0 Å². The summed E-state index contributed by atoms with van der Waals surface area (Å²) in [5.41, 5.74) is 0. The number of rotatable bonds is 3. The lowest BCUT2D eigenvalue weighted by atomic mass is 10.3. The summed E-state index contributed by atoms with van der Waals surface area (Å²) >= 11 is 5.62. The van der Waals surface area contributed by atoms with Crippen molar-refractivity contribution < 1.29 is 13.2 Å². The summed E-state index contributed by atoms with van der Waals surface area (Å²) in [6.45, 7) is 1.14. The molecule has 0 aromatic rings. The van der Waals surface area contributed by atoms with E-state index in [9.17, 15) is 8.42 Å². The van der Waals surface area contributed by atoms with E-state index >= 15 is 0 Å². The molecule has 1 atom stereocenters. The van der Waals surface area contributed by atoms with Crippen LogP contribution in [0, 0.1) is 0 Å². The minimum Gasteiger partial charge on any atom is -0.374 e. The molecule has 0 aromatic heterocycles. The predicted molar refractivity (Wildman–Crippen MR) is 54.6 cm³/mol. The van der Waals surface area contributed by atoms with Gasteiger partial charge in [0, 0.05) is 33.1 Å². The first-order valence-electron chi connectivity index (χ1n) is 4.33. The molecule has 5 nitrogen and oxygen atoms in total. The smallest absolute Gasteiger partial charge is 0.281 e. The van der Waals surface area contributed by atoms with Crippen LogP contribution in [0.4, 0.5) is 0 Å². The Bertz CT molecular complexity index is 281. The minimum atomic E-state index is -3.31. The molecule has 1 unspecified atom stereocenters. The van der Waals surface area contributed by atoms with Crippen molar-refractivity contribution in [3.8, 4) is 0 Å². The summed E-state index contributed by atoms with van der Waals surface area (Å²) in [5.74, 6) is 0.319. The molecular weight excluding hydrogens is 228 g/mol. The van der Waals surface area contributed by atoms with Gasteiger partial charge in [0.25, 0.3) is 10.2 Å². The van der Waals surface area contributed by atoms with Crippen LogP contribution in [0.5, 0.6) is 0 Å². The Morgan fingerprint density at radius 1 is 1.57 bits per heavy atom. The Morgan fingerprint density at radius 2 is 2.21 bits per heavy atom. The van der Waals surface area contributed by atoms with Gasteiger partial charge in [-0.25, -0.2) is 0 Å². The lowest BCUT2D eigenvalue weighted by Crippen LogP contribution is -2.49. The van der Waals surface area contributed by atoms with E-state index in [1.165, 1.54) is 22.7 Å². The van der Waals surface area contributed by atoms with Gasteiger partial charge in [-0.05, 0) is 0 Å². The van der Waals surface area contributed by atoms with E-state index in [2.05, 4.69) is 0 Å². The highest BCUT2D eigenvalue weighted by Gasteiger charge is 2.30.